The van der Waals surface area contributed by atoms with E-state index < -0.39 is 34.8 Å². The quantitative estimate of drug-likeness (QED) is 0.0978. The molecule has 2 atom stereocenters. The van der Waals surface area contributed by atoms with E-state index >= 15 is 0 Å². The van der Waals surface area contributed by atoms with E-state index in [4.69, 9.17) is 9.72 Å². The van der Waals surface area contributed by atoms with Crippen LogP contribution in [0.3, 0.4) is 0 Å². The van der Waals surface area contributed by atoms with Crippen molar-refractivity contribution in [3.8, 4) is 28.8 Å². The SMILES string of the molecule is Cc1cc(NC(=O)c2ccc(CN3CCN(CCCC(C)(O)C#CCOc4cccc5c4C(=O)N(C4CC6(CC6)C(=O)NC4=O)C5=O)CC3)cc2)ccc1Cc1nccc(-c2cccnc2)n1. The molecule has 342 valence electrons. The molecule has 3 aliphatic heterocycles. The van der Waals surface area contributed by atoms with Gasteiger partial charge in [-0.1, -0.05) is 36.1 Å². The van der Waals surface area contributed by atoms with Crippen LogP contribution in [0.4, 0.5) is 5.69 Å². The number of carbonyl (C=O) groups excluding carboxylic acids is 5. The smallest absolute Gasteiger partial charge is 0.266 e. The van der Waals surface area contributed by atoms with Crippen molar-refractivity contribution in [3.05, 3.63) is 137 Å². The third kappa shape index (κ3) is 10.2. The van der Waals surface area contributed by atoms with Gasteiger partial charge in [0.15, 0.2) is 0 Å². The summed E-state index contributed by atoms with van der Waals surface area (Å²) in [5, 5.41) is 16.4. The number of imide groups is 2. The molecule has 3 N–H and O–H groups in total. The fourth-order valence-corrected chi connectivity index (χ4v) is 9.10. The maximum Gasteiger partial charge on any atom is 0.266 e. The van der Waals surface area contributed by atoms with Gasteiger partial charge < -0.3 is 20.1 Å². The first-order chi connectivity index (χ1) is 32.3. The molecule has 4 aliphatic rings. The molecule has 3 aromatic carbocycles. The van der Waals surface area contributed by atoms with E-state index in [1.54, 1.807) is 37.6 Å². The molecule has 3 fully saturated rings. The summed E-state index contributed by atoms with van der Waals surface area (Å²) < 4.78 is 5.84. The maximum atomic E-state index is 13.5. The third-order valence-electron chi connectivity index (χ3n) is 13.2. The van der Waals surface area contributed by atoms with E-state index in [-0.39, 0.29) is 41.7 Å². The number of piperidine rings is 1. The van der Waals surface area contributed by atoms with Crippen LogP contribution in [0.5, 0.6) is 5.75 Å². The van der Waals surface area contributed by atoms with Crippen LogP contribution in [0, 0.1) is 24.2 Å². The van der Waals surface area contributed by atoms with Gasteiger partial charge in [-0.3, -0.25) is 44.1 Å². The molecule has 9 rings (SSSR count). The number of nitrogens with zero attached hydrogens (tertiary/aromatic N) is 6. The van der Waals surface area contributed by atoms with Crippen LogP contribution in [0.25, 0.3) is 11.3 Å². The highest BCUT2D eigenvalue weighted by Gasteiger charge is 2.59. The largest absolute Gasteiger partial charge is 0.480 e. The van der Waals surface area contributed by atoms with E-state index in [0.717, 1.165) is 84.2 Å². The molecule has 15 heteroatoms. The van der Waals surface area contributed by atoms with Crippen LogP contribution < -0.4 is 15.4 Å². The Hall–Kier alpha value is -7.12. The lowest BCUT2D eigenvalue weighted by Gasteiger charge is -2.35. The van der Waals surface area contributed by atoms with E-state index in [1.807, 2.05) is 67.6 Å². The number of benzene rings is 3. The van der Waals surface area contributed by atoms with Gasteiger partial charge in [0.2, 0.25) is 11.8 Å². The van der Waals surface area contributed by atoms with Crippen molar-refractivity contribution in [2.24, 2.45) is 5.41 Å². The number of piperazine rings is 1. The predicted molar refractivity (Wildman–Crippen MR) is 249 cm³/mol. The van der Waals surface area contributed by atoms with Crippen molar-refractivity contribution in [2.75, 3.05) is 44.6 Å². The minimum Gasteiger partial charge on any atom is -0.480 e. The Morgan fingerprint density at radius 3 is 2.49 bits per heavy atom. The second-order valence-electron chi connectivity index (χ2n) is 18.1. The number of carbonyl (C=O) groups is 5. The van der Waals surface area contributed by atoms with Crippen LogP contribution in [0.15, 0.2) is 97.5 Å². The van der Waals surface area contributed by atoms with Gasteiger partial charge in [-0.25, -0.2) is 9.97 Å². The maximum absolute atomic E-state index is 13.5. The van der Waals surface area contributed by atoms with Crippen LogP contribution >= 0.6 is 0 Å². The number of ether oxygens (including phenoxy) is 1. The number of aryl methyl sites for hydroxylation is 1. The van der Waals surface area contributed by atoms with Gasteiger partial charge in [0, 0.05) is 74.5 Å². The molecule has 0 bridgehead atoms. The highest BCUT2D eigenvalue weighted by atomic mass is 16.5. The molecule has 1 saturated carbocycles. The monoisotopic (exact) mass is 900 g/mol. The molecule has 0 radical (unpaired) electrons. The molecule has 1 aliphatic carbocycles. The van der Waals surface area contributed by atoms with E-state index in [9.17, 15) is 29.1 Å². The lowest BCUT2D eigenvalue weighted by molar-refractivity contribution is -0.141. The first kappa shape index (κ1) is 45.1. The molecule has 5 amide bonds. The molecule has 2 aromatic heterocycles. The Labute approximate surface area is 389 Å². The Morgan fingerprint density at radius 2 is 1.75 bits per heavy atom. The van der Waals surface area contributed by atoms with Crippen LogP contribution in [-0.2, 0) is 22.6 Å². The highest BCUT2D eigenvalue weighted by molar-refractivity contribution is 6.24. The lowest BCUT2D eigenvalue weighted by Crippen LogP contribution is -2.58. The molecular weight excluding hydrogens is 849 g/mol. The zero-order valence-electron chi connectivity index (χ0n) is 37.6. The number of aromatic nitrogens is 3. The first-order valence-electron chi connectivity index (χ1n) is 22.7. The summed E-state index contributed by atoms with van der Waals surface area (Å²) in [7, 11) is 0. The zero-order chi connectivity index (χ0) is 46.7. The second-order valence-corrected chi connectivity index (χ2v) is 18.1. The predicted octanol–water partition coefficient (Wildman–Crippen LogP) is 5.21. The Kier molecular flexibility index (Phi) is 12.8. The number of fused-ring (bicyclic) bond motifs is 1. The summed E-state index contributed by atoms with van der Waals surface area (Å²) in [5.41, 5.74) is 4.57. The van der Waals surface area contributed by atoms with E-state index in [0.29, 0.717) is 37.1 Å². The number of aliphatic hydroxyl groups is 1. The van der Waals surface area contributed by atoms with Gasteiger partial charge in [-0.05, 0) is 124 Å². The molecule has 2 saturated heterocycles. The first-order valence-corrected chi connectivity index (χ1v) is 22.7. The van der Waals surface area contributed by atoms with E-state index in [1.165, 1.54) is 6.07 Å². The number of nitrogens with one attached hydrogen (secondary N) is 2. The Morgan fingerprint density at radius 1 is 0.955 bits per heavy atom. The Balaban J connectivity index is 0.686. The van der Waals surface area contributed by atoms with Gasteiger partial charge in [0.1, 0.15) is 29.8 Å². The van der Waals surface area contributed by atoms with Gasteiger partial charge in [-0.2, -0.15) is 0 Å². The second kappa shape index (κ2) is 19.0. The summed E-state index contributed by atoms with van der Waals surface area (Å²) in [4.78, 5) is 84.3. The van der Waals surface area contributed by atoms with Gasteiger partial charge >= 0.3 is 0 Å². The molecular formula is C52H52N8O7. The van der Waals surface area contributed by atoms with Crippen LogP contribution in [0.1, 0.15) is 92.6 Å². The zero-order valence-corrected chi connectivity index (χ0v) is 37.6. The molecule has 67 heavy (non-hydrogen) atoms. The molecule has 1 spiro atoms. The number of hydrogen-bond donors (Lipinski definition) is 3. The van der Waals surface area contributed by atoms with Gasteiger partial charge in [0.25, 0.3) is 17.7 Å². The summed E-state index contributed by atoms with van der Waals surface area (Å²) in [6.45, 7) is 8.77. The molecule has 15 nitrogen and oxygen atoms in total. The normalized spacial score (nSPS) is 18.7. The van der Waals surface area contributed by atoms with Crippen molar-refractivity contribution < 1.29 is 33.8 Å². The minimum atomic E-state index is -1.26. The van der Waals surface area contributed by atoms with Crippen LogP contribution in [-0.4, -0.2) is 115 Å². The van der Waals surface area contributed by atoms with Crippen molar-refractivity contribution in [2.45, 2.75) is 70.6 Å². The van der Waals surface area contributed by atoms with Gasteiger partial charge in [0.05, 0.1) is 22.2 Å². The fraction of sp³-hybridized carbons (Fsp3) is 0.346. The summed E-state index contributed by atoms with van der Waals surface area (Å²) in [6.07, 6.45) is 8.41. The number of amides is 5. The van der Waals surface area contributed by atoms with Crippen molar-refractivity contribution in [1.82, 2.24) is 35.0 Å². The third-order valence-corrected chi connectivity index (χ3v) is 13.2. The van der Waals surface area contributed by atoms with Gasteiger partial charge in [-0.15, -0.1) is 0 Å². The Bertz CT molecular complexity index is 2790. The number of rotatable bonds is 14. The number of pyridine rings is 1. The van der Waals surface area contributed by atoms with Crippen molar-refractivity contribution in [3.63, 3.8) is 0 Å². The minimum absolute atomic E-state index is 0.0655. The summed E-state index contributed by atoms with van der Waals surface area (Å²) >= 11 is 0. The number of anilines is 1. The standard InChI is InChI=1S/C52H52N8O7/c1-34-29-39(15-14-37(34)30-44-54-22-16-41(56-44)38-7-4-21-53-32-38)55-46(61)36-12-10-35(11-13-36)33-59-26-24-58(25-27-59)23-5-17-51(2,66)18-6-28-67-43-9-3-8-40-45(43)49(64)60(48(40)63)42-31-52(19-20-52)50(65)57-47(42)62/h3-4,7-16,21-22,29,32,42,66H,5,17,19-20,23-28,30-31,33H2,1-2H3,(H,55,61)(H,57,62,65). The van der Waals surface area contributed by atoms with Crippen molar-refractivity contribution >= 4 is 35.2 Å². The molecule has 5 heterocycles. The van der Waals surface area contributed by atoms with E-state index in [2.05, 4.69) is 42.2 Å². The highest BCUT2D eigenvalue weighted by Crippen LogP contribution is 2.52. The van der Waals surface area contributed by atoms with Crippen molar-refractivity contribution in [1.29, 1.82) is 0 Å². The summed E-state index contributed by atoms with van der Waals surface area (Å²) in [5.74, 6) is 4.24. The topological polar surface area (TPSA) is 187 Å². The molecule has 5 aromatic rings. The average molecular weight is 901 g/mol. The fourth-order valence-electron chi connectivity index (χ4n) is 9.10. The summed E-state index contributed by atoms with van der Waals surface area (Å²) in [6, 6.07) is 23.0. The van der Waals surface area contributed by atoms with Crippen LogP contribution in [0.2, 0.25) is 0 Å². The molecule has 2 unspecified atom stereocenters. The lowest BCUT2D eigenvalue weighted by atomic mass is 9.90. The number of hydrogen-bond acceptors (Lipinski definition) is 12. The average Bonchev–Trinajstić information content (AvgIpc) is 4.06.